The molecule has 0 aromatic heterocycles. The van der Waals surface area contributed by atoms with Crippen molar-refractivity contribution in [2.45, 2.75) is 71.6 Å². The third kappa shape index (κ3) is 8.42. The molecule has 0 spiro atoms. The van der Waals surface area contributed by atoms with Crippen LogP contribution in [0.5, 0.6) is 5.75 Å². The second-order valence-electron chi connectivity index (χ2n) is 8.21. The number of piperidine rings is 1. The standard InChI is InChI=1S/C24H39N3O3.HI/c1-4-25-24(26-17-20-9-10-23(28-5-2)19(3)16-20)27-13-11-21(12-14-27)30-18-22-8-6-7-15-29-22;/h9-10,16,21-22H,4-8,11-15,17-18H2,1-3H3,(H,25,26);1H. The Morgan fingerprint density at radius 3 is 2.65 bits per heavy atom. The summed E-state index contributed by atoms with van der Waals surface area (Å²) in [5.74, 6) is 1.95. The van der Waals surface area contributed by atoms with Gasteiger partial charge in [0.15, 0.2) is 5.96 Å². The minimum Gasteiger partial charge on any atom is -0.494 e. The molecule has 176 valence electrons. The van der Waals surface area contributed by atoms with Crippen molar-refractivity contribution in [1.29, 1.82) is 0 Å². The van der Waals surface area contributed by atoms with Crippen molar-refractivity contribution in [1.82, 2.24) is 10.2 Å². The van der Waals surface area contributed by atoms with Gasteiger partial charge in [-0.1, -0.05) is 12.1 Å². The number of nitrogens with one attached hydrogen (secondary N) is 1. The average Bonchev–Trinajstić information content (AvgIpc) is 2.78. The molecule has 1 atom stereocenters. The third-order valence-corrected chi connectivity index (χ3v) is 5.82. The van der Waals surface area contributed by atoms with Crippen molar-refractivity contribution in [3.63, 3.8) is 0 Å². The van der Waals surface area contributed by atoms with E-state index in [0.29, 0.717) is 25.4 Å². The van der Waals surface area contributed by atoms with Crippen molar-refractivity contribution >= 4 is 29.9 Å². The first-order valence-corrected chi connectivity index (χ1v) is 11.7. The molecule has 0 bridgehead atoms. The molecule has 1 unspecified atom stereocenters. The van der Waals surface area contributed by atoms with Crippen LogP contribution in [-0.4, -0.2) is 62.5 Å². The second kappa shape index (κ2) is 14.2. The maximum atomic E-state index is 6.16. The zero-order valence-electron chi connectivity index (χ0n) is 19.4. The lowest BCUT2D eigenvalue weighted by Crippen LogP contribution is -2.47. The van der Waals surface area contributed by atoms with E-state index in [2.05, 4.69) is 42.3 Å². The van der Waals surface area contributed by atoms with Crippen LogP contribution in [0, 0.1) is 6.92 Å². The average molecular weight is 546 g/mol. The maximum Gasteiger partial charge on any atom is 0.194 e. The zero-order valence-corrected chi connectivity index (χ0v) is 21.7. The number of nitrogens with zero attached hydrogens (tertiary/aromatic N) is 2. The van der Waals surface area contributed by atoms with Gasteiger partial charge in [0.25, 0.3) is 0 Å². The van der Waals surface area contributed by atoms with Crippen molar-refractivity contribution in [3.05, 3.63) is 29.3 Å². The molecule has 0 aliphatic carbocycles. The topological polar surface area (TPSA) is 55.3 Å². The summed E-state index contributed by atoms with van der Waals surface area (Å²) in [5, 5.41) is 3.46. The number of hydrogen-bond acceptors (Lipinski definition) is 4. The predicted octanol–water partition coefficient (Wildman–Crippen LogP) is 4.53. The fraction of sp³-hybridized carbons (Fsp3) is 0.708. The molecule has 7 heteroatoms. The fourth-order valence-corrected chi connectivity index (χ4v) is 4.14. The molecule has 2 aliphatic rings. The molecule has 0 amide bonds. The van der Waals surface area contributed by atoms with E-state index in [1.54, 1.807) is 0 Å². The summed E-state index contributed by atoms with van der Waals surface area (Å²) in [6.07, 6.45) is 6.32. The van der Waals surface area contributed by atoms with Gasteiger partial charge < -0.3 is 24.4 Å². The summed E-state index contributed by atoms with van der Waals surface area (Å²) in [4.78, 5) is 7.26. The Morgan fingerprint density at radius 2 is 2.00 bits per heavy atom. The first-order chi connectivity index (χ1) is 14.7. The van der Waals surface area contributed by atoms with Gasteiger partial charge in [-0.2, -0.15) is 0 Å². The van der Waals surface area contributed by atoms with Crippen molar-refractivity contribution in [2.75, 3.05) is 39.5 Å². The molecule has 0 radical (unpaired) electrons. The summed E-state index contributed by atoms with van der Waals surface area (Å²) in [7, 11) is 0. The van der Waals surface area contributed by atoms with E-state index in [-0.39, 0.29) is 24.0 Å². The monoisotopic (exact) mass is 545 g/mol. The lowest BCUT2D eigenvalue weighted by molar-refractivity contribution is -0.0721. The van der Waals surface area contributed by atoms with Crippen LogP contribution in [-0.2, 0) is 16.0 Å². The molecule has 1 N–H and O–H groups in total. The molecule has 31 heavy (non-hydrogen) atoms. The van der Waals surface area contributed by atoms with Gasteiger partial charge in [0, 0.05) is 26.2 Å². The highest BCUT2D eigenvalue weighted by atomic mass is 127. The summed E-state index contributed by atoms with van der Waals surface area (Å²) in [6.45, 7) is 12.0. The number of benzene rings is 1. The Labute approximate surface area is 205 Å². The Morgan fingerprint density at radius 1 is 1.19 bits per heavy atom. The maximum absolute atomic E-state index is 6.16. The number of guanidine groups is 1. The number of hydrogen-bond donors (Lipinski definition) is 1. The van der Waals surface area contributed by atoms with Crippen LogP contribution >= 0.6 is 24.0 Å². The van der Waals surface area contributed by atoms with Crippen molar-refractivity contribution < 1.29 is 14.2 Å². The highest BCUT2D eigenvalue weighted by Crippen LogP contribution is 2.20. The van der Waals surface area contributed by atoms with Gasteiger partial charge in [-0.05, 0) is 70.1 Å². The van der Waals surface area contributed by atoms with Crippen LogP contribution in [0.3, 0.4) is 0 Å². The molecule has 1 aromatic rings. The highest BCUT2D eigenvalue weighted by Gasteiger charge is 2.23. The molecular formula is C24H40IN3O3. The van der Waals surface area contributed by atoms with Gasteiger partial charge in [-0.25, -0.2) is 4.99 Å². The smallest absolute Gasteiger partial charge is 0.194 e. The van der Waals surface area contributed by atoms with E-state index in [9.17, 15) is 0 Å². The SMILES string of the molecule is CCNC(=NCc1ccc(OCC)c(C)c1)N1CCC(OCC2CCCCO2)CC1.I. The molecular weight excluding hydrogens is 505 g/mol. The number of ether oxygens (including phenoxy) is 3. The van der Waals surface area contributed by atoms with Crippen LogP contribution < -0.4 is 10.1 Å². The van der Waals surface area contributed by atoms with Gasteiger partial charge in [-0.3, -0.25) is 0 Å². The first-order valence-electron chi connectivity index (χ1n) is 11.7. The van der Waals surface area contributed by atoms with E-state index < -0.39 is 0 Å². The van der Waals surface area contributed by atoms with Gasteiger partial charge in [0.05, 0.1) is 32.0 Å². The zero-order chi connectivity index (χ0) is 21.2. The van der Waals surface area contributed by atoms with Crippen molar-refractivity contribution in [2.24, 2.45) is 4.99 Å². The molecule has 3 rings (SSSR count). The number of halogens is 1. The van der Waals surface area contributed by atoms with Crippen LogP contribution in [0.1, 0.15) is 57.1 Å². The third-order valence-electron chi connectivity index (χ3n) is 5.82. The van der Waals surface area contributed by atoms with Gasteiger partial charge in [0.2, 0.25) is 0 Å². The highest BCUT2D eigenvalue weighted by molar-refractivity contribution is 14.0. The number of likely N-dealkylation sites (tertiary alicyclic amines) is 1. The Hall–Kier alpha value is -1.06. The summed E-state index contributed by atoms with van der Waals surface area (Å²) in [5.41, 5.74) is 2.37. The quantitative estimate of drug-likeness (QED) is 0.296. The molecule has 2 heterocycles. The Balaban J connectivity index is 0.00000341. The van der Waals surface area contributed by atoms with Crippen LogP contribution in [0.4, 0.5) is 0 Å². The van der Waals surface area contributed by atoms with Crippen molar-refractivity contribution in [3.8, 4) is 5.75 Å². The molecule has 0 saturated carbocycles. The summed E-state index contributed by atoms with van der Waals surface area (Å²) >= 11 is 0. The summed E-state index contributed by atoms with van der Waals surface area (Å²) < 4.78 is 17.6. The van der Waals surface area contributed by atoms with Crippen LogP contribution in [0.2, 0.25) is 0 Å². The predicted molar refractivity (Wildman–Crippen MR) is 137 cm³/mol. The van der Waals surface area contributed by atoms with E-state index in [4.69, 9.17) is 19.2 Å². The Kier molecular flexibility index (Phi) is 12.0. The normalized spacial score (nSPS) is 20.3. The van der Waals surface area contributed by atoms with E-state index >= 15 is 0 Å². The van der Waals surface area contributed by atoms with Gasteiger partial charge in [-0.15, -0.1) is 24.0 Å². The number of aliphatic imine (C=N–C) groups is 1. The van der Waals surface area contributed by atoms with Gasteiger partial charge in [0.1, 0.15) is 5.75 Å². The molecule has 2 saturated heterocycles. The Bertz CT molecular complexity index is 672. The van der Waals surface area contributed by atoms with E-state index in [1.165, 1.54) is 18.4 Å². The molecule has 2 fully saturated rings. The van der Waals surface area contributed by atoms with E-state index in [0.717, 1.165) is 69.4 Å². The first kappa shape index (κ1) is 26.2. The second-order valence-corrected chi connectivity index (χ2v) is 8.21. The lowest BCUT2D eigenvalue weighted by Gasteiger charge is -2.35. The minimum absolute atomic E-state index is 0. The molecule has 1 aromatic carbocycles. The molecule has 2 aliphatic heterocycles. The van der Waals surface area contributed by atoms with Gasteiger partial charge >= 0.3 is 0 Å². The number of aryl methyl sites for hydroxylation is 1. The largest absolute Gasteiger partial charge is 0.494 e. The van der Waals surface area contributed by atoms with Crippen LogP contribution in [0.15, 0.2) is 23.2 Å². The van der Waals surface area contributed by atoms with E-state index in [1.807, 2.05) is 6.92 Å². The summed E-state index contributed by atoms with van der Waals surface area (Å²) in [6, 6.07) is 6.33. The lowest BCUT2D eigenvalue weighted by atomic mass is 10.1. The fourth-order valence-electron chi connectivity index (χ4n) is 4.14. The number of rotatable bonds is 8. The van der Waals surface area contributed by atoms with Crippen LogP contribution in [0.25, 0.3) is 0 Å². The molecule has 6 nitrogen and oxygen atoms in total. The minimum atomic E-state index is 0.